The molecule has 1 N–H and O–H groups in total. The van der Waals surface area contributed by atoms with E-state index in [2.05, 4.69) is 15.5 Å². The molecule has 0 radical (unpaired) electrons. The largest absolute Gasteiger partial charge is 0.407 e. The van der Waals surface area contributed by atoms with Gasteiger partial charge in [0.15, 0.2) is 0 Å². The average Bonchev–Trinajstić information content (AvgIpc) is 3.31. The van der Waals surface area contributed by atoms with E-state index in [1.54, 1.807) is 29.2 Å². The topological polar surface area (TPSA) is 88.3 Å². The molecule has 2 aromatic carbocycles. The van der Waals surface area contributed by atoms with Gasteiger partial charge in [0.2, 0.25) is 17.7 Å². The number of anilines is 2. The fourth-order valence-electron chi connectivity index (χ4n) is 3.25. The fraction of sp³-hybridized carbons (Fsp3) is 0.238. The molecule has 148 valence electrons. The highest BCUT2D eigenvalue weighted by molar-refractivity contribution is 6.30. The van der Waals surface area contributed by atoms with Crippen molar-refractivity contribution in [3.8, 4) is 0 Å². The lowest BCUT2D eigenvalue weighted by Crippen LogP contribution is -2.24. The number of nitrogens with one attached hydrogen (secondary N) is 1. The molecular weight excluding hydrogens is 392 g/mol. The minimum atomic E-state index is -0.272. The molecule has 1 aliphatic heterocycles. The summed E-state index contributed by atoms with van der Waals surface area (Å²) in [5, 5.41) is 11.1. The molecule has 2 amide bonds. The van der Waals surface area contributed by atoms with E-state index < -0.39 is 0 Å². The first-order valence-electron chi connectivity index (χ1n) is 9.22. The lowest BCUT2D eigenvalue weighted by molar-refractivity contribution is -0.117. The van der Waals surface area contributed by atoms with Crippen molar-refractivity contribution in [1.82, 2.24) is 10.2 Å². The van der Waals surface area contributed by atoms with Gasteiger partial charge in [-0.2, -0.15) is 0 Å². The van der Waals surface area contributed by atoms with Crippen molar-refractivity contribution in [3.63, 3.8) is 0 Å². The summed E-state index contributed by atoms with van der Waals surface area (Å²) in [7, 11) is 0. The monoisotopic (exact) mass is 410 g/mol. The molecule has 0 aliphatic carbocycles. The summed E-state index contributed by atoms with van der Waals surface area (Å²) in [4.78, 5) is 26.3. The standard InChI is InChI=1S/C21H19ClN4O3/c1-13-2-8-17(9-3-13)26-12-15(11-19(26)28)20-24-25-21(29-20)23-18(27)10-14-4-6-16(22)7-5-14/h2-9,15H,10-12H2,1H3,(H,23,25,27)/t15-/m1/s1. The van der Waals surface area contributed by atoms with Gasteiger partial charge in [0.05, 0.1) is 12.3 Å². The number of hydrogen-bond donors (Lipinski definition) is 1. The molecule has 1 atom stereocenters. The maximum absolute atomic E-state index is 12.4. The van der Waals surface area contributed by atoms with E-state index in [0.29, 0.717) is 17.5 Å². The number of rotatable bonds is 5. The van der Waals surface area contributed by atoms with E-state index in [1.807, 2.05) is 31.2 Å². The van der Waals surface area contributed by atoms with Gasteiger partial charge in [0.25, 0.3) is 0 Å². The predicted molar refractivity (Wildman–Crippen MR) is 109 cm³/mol. The lowest BCUT2D eigenvalue weighted by Gasteiger charge is -2.16. The van der Waals surface area contributed by atoms with Crippen LogP contribution in [0.5, 0.6) is 0 Å². The summed E-state index contributed by atoms with van der Waals surface area (Å²) >= 11 is 5.85. The highest BCUT2D eigenvalue weighted by Gasteiger charge is 2.35. The van der Waals surface area contributed by atoms with Gasteiger partial charge in [-0.3, -0.25) is 14.9 Å². The van der Waals surface area contributed by atoms with E-state index in [9.17, 15) is 9.59 Å². The normalized spacial score (nSPS) is 16.3. The van der Waals surface area contributed by atoms with Crippen LogP contribution in [0.2, 0.25) is 5.02 Å². The number of aromatic nitrogens is 2. The minimum Gasteiger partial charge on any atom is -0.407 e. The Kier molecular flexibility index (Phi) is 5.31. The number of aryl methyl sites for hydroxylation is 1. The van der Waals surface area contributed by atoms with Crippen LogP contribution >= 0.6 is 11.6 Å². The Labute approximate surface area is 172 Å². The third-order valence-electron chi connectivity index (χ3n) is 4.78. The fourth-order valence-corrected chi connectivity index (χ4v) is 3.37. The van der Waals surface area contributed by atoms with Crippen molar-refractivity contribution in [2.75, 3.05) is 16.8 Å². The summed E-state index contributed by atoms with van der Waals surface area (Å²) < 4.78 is 5.59. The second-order valence-electron chi connectivity index (χ2n) is 7.04. The number of amides is 2. The lowest BCUT2D eigenvalue weighted by atomic mass is 10.1. The SMILES string of the molecule is Cc1ccc(N2C[C@H](c3nnc(NC(=O)Cc4ccc(Cl)cc4)o3)CC2=O)cc1. The van der Waals surface area contributed by atoms with E-state index in [1.165, 1.54) is 0 Å². The summed E-state index contributed by atoms with van der Waals surface area (Å²) in [5.74, 6) is -0.135. The van der Waals surface area contributed by atoms with Crippen LogP contribution in [0.15, 0.2) is 52.9 Å². The van der Waals surface area contributed by atoms with Crippen molar-refractivity contribution < 1.29 is 14.0 Å². The van der Waals surface area contributed by atoms with Crippen LogP contribution in [-0.4, -0.2) is 28.6 Å². The molecule has 29 heavy (non-hydrogen) atoms. The number of hydrogen-bond acceptors (Lipinski definition) is 5. The summed E-state index contributed by atoms with van der Waals surface area (Å²) in [5.41, 5.74) is 2.80. The van der Waals surface area contributed by atoms with E-state index in [-0.39, 0.29) is 36.6 Å². The highest BCUT2D eigenvalue weighted by atomic mass is 35.5. The van der Waals surface area contributed by atoms with Gasteiger partial charge in [-0.25, -0.2) is 0 Å². The van der Waals surface area contributed by atoms with Crippen LogP contribution in [0.1, 0.15) is 29.4 Å². The van der Waals surface area contributed by atoms with E-state index in [0.717, 1.165) is 16.8 Å². The molecule has 2 heterocycles. The van der Waals surface area contributed by atoms with E-state index in [4.69, 9.17) is 16.0 Å². The molecule has 4 rings (SSSR count). The van der Waals surface area contributed by atoms with Gasteiger partial charge in [-0.15, -0.1) is 5.10 Å². The Hall–Kier alpha value is -3.19. The third kappa shape index (κ3) is 4.46. The van der Waals surface area contributed by atoms with Crippen LogP contribution < -0.4 is 10.2 Å². The first-order chi connectivity index (χ1) is 14.0. The van der Waals surface area contributed by atoms with Gasteiger partial charge in [0.1, 0.15) is 0 Å². The molecule has 3 aromatic rings. The molecule has 1 fully saturated rings. The quantitative estimate of drug-likeness (QED) is 0.692. The molecule has 7 nitrogen and oxygen atoms in total. The maximum atomic E-state index is 12.4. The first-order valence-corrected chi connectivity index (χ1v) is 9.60. The second kappa shape index (κ2) is 8.05. The molecule has 0 saturated carbocycles. The van der Waals surface area contributed by atoms with Gasteiger partial charge in [-0.1, -0.05) is 46.5 Å². The summed E-state index contributed by atoms with van der Waals surface area (Å²) in [6, 6.07) is 14.8. The minimum absolute atomic E-state index is 0.00498. The molecule has 8 heteroatoms. The maximum Gasteiger partial charge on any atom is 0.322 e. The molecule has 1 aliphatic rings. The van der Waals surface area contributed by atoms with Crippen LogP contribution in [0.4, 0.5) is 11.7 Å². The molecule has 1 saturated heterocycles. The Bertz CT molecular complexity index is 1030. The summed E-state index contributed by atoms with van der Waals surface area (Å²) in [6.45, 7) is 2.46. The number of benzene rings is 2. The predicted octanol–water partition coefficient (Wildman–Crippen LogP) is 3.73. The number of nitrogens with zero attached hydrogens (tertiary/aromatic N) is 3. The van der Waals surface area contributed by atoms with Crippen molar-refractivity contribution >= 4 is 35.1 Å². The molecule has 0 spiro atoms. The Balaban J connectivity index is 1.38. The van der Waals surface area contributed by atoms with Crippen molar-refractivity contribution in [3.05, 3.63) is 70.6 Å². The molecule has 0 bridgehead atoms. The molecular formula is C21H19ClN4O3. The third-order valence-corrected chi connectivity index (χ3v) is 5.04. The van der Waals surface area contributed by atoms with Gasteiger partial charge in [-0.05, 0) is 36.8 Å². The van der Waals surface area contributed by atoms with Gasteiger partial charge < -0.3 is 9.32 Å². The average molecular weight is 411 g/mol. The highest BCUT2D eigenvalue weighted by Crippen LogP contribution is 2.31. The van der Waals surface area contributed by atoms with Crippen molar-refractivity contribution in [2.45, 2.75) is 25.7 Å². The van der Waals surface area contributed by atoms with Gasteiger partial charge >= 0.3 is 6.01 Å². The summed E-state index contributed by atoms with van der Waals surface area (Å²) in [6.07, 6.45) is 0.451. The molecule has 0 unspecified atom stereocenters. The van der Waals surface area contributed by atoms with Crippen molar-refractivity contribution in [1.29, 1.82) is 0 Å². The zero-order valence-electron chi connectivity index (χ0n) is 15.8. The number of carbonyl (C=O) groups excluding carboxylic acids is 2. The van der Waals surface area contributed by atoms with Crippen LogP contribution in [0, 0.1) is 6.92 Å². The first kappa shape index (κ1) is 19.1. The number of carbonyl (C=O) groups is 2. The second-order valence-corrected chi connectivity index (χ2v) is 7.47. The Morgan fingerprint density at radius 3 is 2.62 bits per heavy atom. The van der Waals surface area contributed by atoms with Crippen molar-refractivity contribution in [2.24, 2.45) is 0 Å². The van der Waals surface area contributed by atoms with Crippen LogP contribution in [-0.2, 0) is 16.0 Å². The Morgan fingerprint density at radius 2 is 1.90 bits per heavy atom. The zero-order chi connectivity index (χ0) is 20.4. The Morgan fingerprint density at radius 1 is 1.17 bits per heavy atom. The van der Waals surface area contributed by atoms with Crippen LogP contribution in [0.25, 0.3) is 0 Å². The zero-order valence-corrected chi connectivity index (χ0v) is 16.5. The molecule has 1 aromatic heterocycles. The smallest absolute Gasteiger partial charge is 0.322 e. The van der Waals surface area contributed by atoms with Gasteiger partial charge in [0, 0.05) is 23.7 Å². The van der Waals surface area contributed by atoms with E-state index >= 15 is 0 Å². The number of halogens is 1. The van der Waals surface area contributed by atoms with Crippen LogP contribution in [0.3, 0.4) is 0 Å².